The molecule has 26 heavy (non-hydrogen) atoms. The lowest BCUT2D eigenvalue weighted by molar-refractivity contribution is 0.102. The second-order valence-corrected chi connectivity index (χ2v) is 8.92. The molecule has 5 nitrogen and oxygen atoms in total. The molecule has 0 saturated heterocycles. The van der Waals surface area contributed by atoms with Crippen LogP contribution in [-0.4, -0.2) is 27.1 Å². The summed E-state index contributed by atoms with van der Waals surface area (Å²) < 4.78 is 25.5. The number of hydrogen-bond donors (Lipinski definition) is 1. The van der Waals surface area contributed by atoms with Gasteiger partial charge in [0.05, 0.1) is 11.9 Å². The van der Waals surface area contributed by atoms with Crippen molar-refractivity contribution in [3.05, 3.63) is 58.1 Å². The predicted molar refractivity (Wildman–Crippen MR) is 106 cm³/mol. The molecule has 3 rings (SSSR count). The standard InChI is InChI=1S/C20H24N2O3S/c1-13-10-14(2)19(15(3)11-13)20(23)21-17-8-7-16-6-5-9-22(18(16)12-17)26(4,24)25/h7-8,10-12H,5-6,9H2,1-4H3,(H,21,23). The van der Waals surface area contributed by atoms with Crippen molar-refractivity contribution in [3.8, 4) is 0 Å². The van der Waals surface area contributed by atoms with Crippen LogP contribution in [0.4, 0.5) is 11.4 Å². The first-order valence-corrected chi connectivity index (χ1v) is 10.5. The van der Waals surface area contributed by atoms with Crippen LogP contribution in [0.5, 0.6) is 0 Å². The summed E-state index contributed by atoms with van der Waals surface area (Å²) in [7, 11) is -3.33. The molecular formula is C20H24N2O3S. The summed E-state index contributed by atoms with van der Waals surface area (Å²) in [5, 5.41) is 2.92. The largest absolute Gasteiger partial charge is 0.322 e. The van der Waals surface area contributed by atoms with Gasteiger partial charge < -0.3 is 5.32 Å². The van der Waals surface area contributed by atoms with E-state index >= 15 is 0 Å². The lowest BCUT2D eigenvalue weighted by Gasteiger charge is -2.29. The number of hydrogen-bond acceptors (Lipinski definition) is 3. The summed E-state index contributed by atoms with van der Waals surface area (Å²) in [6, 6.07) is 9.46. The van der Waals surface area contributed by atoms with E-state index in [-0.39, 0.29) is 5.91 Å². The zero-order valence-corrected chi connectivity index (χ0v) is 16.4. The Morgan fingerprint density at radius 3 is 2.35 bits per heavy atom. The third-order valence-corrected chi connectivity index (χ3v) is 5.90. The van der Waals surface area contributed by atoms with Crippen LogP contribution in [0.2, 0.25) is 0 Å². The van der Waals surface area contributed by atoms with Crippen molar-refractivity contribution in [3.63, 3.8) is 0 Å². The Balaban J connectivity index is 1.94. The Bertz CT molecular complexity index is 958. The van der Waals surface area contributed by atoms with Crippen molar-refractivity contribution in [2.45, 2.75) is 33.6 Å². The molecule has 0 atom stereocenters. The molecule has 0 saturated carbocycles. The predicted octanol–water partition coefficient (Wildman–Crippen LogP) is 3.58. The molecule has 0 aromatic heterocycles. The first-order chi connectivity index (χ1) is 12.2. The van der Waals surface area contributed by atoms with Gasteiger partial charge in [0, 0.05) is 17.8 Å². The minimum Gasteiger partial charge on any atom is -0.322 e. The molecule has 0 bridgehead atoms. The lowest BCUT2D eigenvalue weighted by Crippen LogP contribution is -2.34. The summed E-state index contributed by atoms with van der Waals surface area (Å²) >= 11 is 0. The molecule has 0 spiro atoms. The Kier molecular flexibility index (Phi) is 4.80. The van der Waals surface area contributed by atoms with Crippen molar-refractivity contribution >= 4 is 27.3 Å². The second-order valence-electron chi connectivity index (χ2n) is 7.01. The maximum Gasteiger partial charge on any atom is 0.256 e. The van der Waals surface area contributed by atoms with E-state index < -0.39 is 10.0 Å². The summed E-state index contributed by atoms with van der Waals surface area (Å²) in [5.41, 5.74) is 5.88. The van der Waals surface area contributed by atoms with E-state index in [4.69, 9.17) is 0 Å². The average Bonchev–Trinajstić information content (AvgIpc) is 2.52. The van der Waals surface area contributed by atoms with Gasteiger partial charge in [-0.1, -0.05) is 23.8 Å². The normalized spacial score (nSPS) is 14.1. The Labute approximate surface area is 155 Å². The highest BCUT2D eigenvalue weighted by Crippen LogP contribution is 2.32. The minimum atomic E-state index is -3.33. The SMILES string of the molecule is Cc1cc(C)c(C(=O)Nc2ccc3c(c2)N(S(C)(=O)=O)CCC3)c(C)c1. The number of carbonyl (C=O) groups excluding carboxylic acids is 1. The van der Waals surface area contributed by atoms with Gasteiger partial charge in [-0.15, -0.1) is 0 Å². The fraction of sp³-hybridized carbons (Fsp3) is 0.350. The van der Waals surface area contributed by atoms with Crippen LogP contribution in [0.1, 0.15) is 39.0 Å². The number of anilines is 2. The molecule has 1 amide bonds. The van der Waals surface area contributed by atoms with Crippen LogP contribution in [-0.2, 0) is 16.4 Å². The van der Waals surface area contributed by atoms with Gasteiger partial charge in [0.15, 0.2) is 0 Å². The van der Waals surface area contributed by atoms with Crippen molar-refractivity contribution in [2.24, 2.45) is 0 Å². The summed E-state index contributed by atoms with van der Waals surface area (Å²) in [6.07, 6.45) is 2.85. The molecule has 6 heteroatoms. The Morgan fingerprint density at radius 1 is 1.08 bits per heavy atom. The third kappa shape index (κ3) is 3.60. The van der Waals surface area contributed by atoms with Crippen LogP contribution in [0, 0.1) is 20.8 Å². The summed E-state index contributed by atoms with van der Waals surface area (Å²) in [4.78, 5) is 12.8. The van der Waals surface area contributed by atoms with Crippen LogP contribution >= 0.6 is 0 Å². The van der Waals surface area contributed by atoms with Gasteiger partial charge >= 0.3 is 0 Å². The molecule has 0 unspecified atom stereocenters. The van der Waals surface area contributed by atoms with Gasteiger partial charge in [-0.25, -0.2) is 8.42 Å². The number of amides is 1. The third-order valence-electron chi connectivity index (χ3n) is 4.72. The number of sulfonamides is 1. The highest BCUT2D eigenvalue weighted by Gasteiger charge is 2.24. The first kappa shape index (κ1) is 18.5. The Morgan fingerprint density at radius 2 is 1.73 bits per heavy atom. The molecule has 1 aliphatic heterocycles. The monoisotopic (exact) mass is 372 g/mol. The second kappa shape index (κ2) is 6.76. The molecule has 1 aliphatic rings. The van der Waals surface area contributed by atoms with E-state index in [1.807, 2.05) is 45.0 Å². The number of aryl methyl sites for hydroxylation is 4. The maximum atomic E-state index is 12.8. The molecule has 138 valence electrons. The van der Waals surface area contributed by atoms with Gasteiger partial charge in [-0.2, -0.15) is 0 Å². The fourth-order valence-corrected chi connectivity index (χ4v) is 4.68. The fourth-order valence-electron chi connectivity index (χ4n) is 3.69. The zero-order valence-electron chi connectivity index (χ0n) is 15.6. The number of fused-ring (bicyclic) bond motifs is 1. The molecule has 0 radical (unpaired) electrons. The molecule has 2 aromatic carbocycles. The lowest BCUT2D eigenvalue weighted by atomic mass is 9.99. The van der Waals surface area contributed by atoms with Gasteiger partial charge in [0.2, 0.25) is 10.0 Å². The van der Waals surface area contributed by atoms with E-state index in [2.05, 4.69) is 5.32 Å². The van der Waals surface area contributed by atoms with E-state index in [0.29, 0.717) is 23.5 Å². The van der Waals surface area contributed by atoms with E-state index in [1.165, 1.54) is 10.6 Å². The highest BCUT2D eigenvalue weighted by atomic mass is 32.2. The molecule has 1 N–H and O–H groups in total. The molecule has 0 aliphatic carbocycles. The van der Waals surface area contributed by atoms with Crippen molar-refractivity contribution in [1.82, 2.24) is 0 Å². The number of rotatable bonds is 3. The van der Waals surface area contributed by atoms with Crippen molar-refractivity contribution in [1.29, 1.82) is 0 Å². The van der Waals surface area contributed by atoms with Gasteiger partial charge in [-0.05, 0) is 62.4 Å². The van der Waals surface area contributed by atoms with Gasteiger partial charge in [0.1, 0.15) is 0 Å². The quantitative estimate of drug-likeness (QED) is 0.896. The maximum absolute atomic E-state index is 12.8. The molecule has 2 aromatic rings. The molecule has 1 heterocycles. The van der Waals surface area contributed by atoms with Crippen molar-refractivity contribution < 1.29 is 13.2 Å². The topological polar surface area (TPSA) is 66.5 Å². The van der Waals surface area contributed by atoms with Gasteiger partial charge in [-0.3, -0.25) is 9.10 Å². The molecular weight excluding hydrogens is 348 g/mol. The number of nitrogens with zero attached hydrogens (tertiary/aromatic N) is 1. The highest BCUT2D eigenvalue weighted by molar-refractivity contribution is 7.92. The molecule has 0 fully saturated rings. The summed E-state index contributed by atoms with van der Waals surface area (Å²) in [6.45, 7) is 6.32. The smallest absolute Gasteiger partial charge is 0.256 e. The first-order valence-electron chi connectivity index (χ1n) is 8.66. The van der Waals surface area contributed by atoms with E-state index in [9.17, 15) is 13.2 Å². The van der Waals surface area contributed by atoms with Crippen LogP contribution in [0.3, 0.4) is 0 Å². The van der Waals surface area contributed by atoms with Crippen LogP contribution in [0.15, 0.2) is 30.3 Å². The van der Waals surface area contributed by atoms with Gasteiger partial charge in [0.25, 0.3) is 5.91 Å². The van der Waals surface area contributed by atoms with Crippen LogP contribution in [0.25, 0.3) is 0 Å². The average molecular weight is 372 g/mol. The van der Waals surface area contributed by atoms with Crippen molar-refractivity contribution in [2.75, 3.05) is 22.4 Å². The van der Waals surface area contributed by atoms with E-state index in [0.717, 1.165) is 35.1 Å². The number of nitrogens with one attached hydrogen (secondary N) is 1. The van der Waals surface area contributed by atoms with Crippen LogP contribution < -0.4 is 9.62 Å². The Hall–Kier alpha value is -2.34. The summed E-state index contributed by atoms with van der Waals surface area (Å²) in [5.74, 6) is -0.179. The number of carbonyl (C=O) groups is 1. The van der Waals surface area contributed by atoms with E-state index in [1.54, 1.807) is 6.07 Å². The zero-order chi connectivity index (χ0) is 19.1. The minimum absolute atomic E-state index is 0.179. The number of benzene rings is 2.